The smallest absolute Gasteiger partial charge is 0.231 e. The third-order valence-electron chi connectivity index (χ3n) is 1.79. The van der Waals surface area contributed by atoms with Gasteiger partial charge in [0.1, 0.15) is 6.29 Å². The van der Waals surface area contributed by atoms with Gasteiger partial charge in [-0.3, -0.25) is 0 Å². The van der Waals surface area contributed by atoms with Crippen molar-refractivity contribution < 1.29 is 14.3 Å². The fraction of sp³-hybridized carbons (Fsp3) is 0.375. The molecule has 58 valence electrons. The molecule has 0 N–H and O–H groups in total. The van der Waals surface area contributed by atoms with E-state index in [2.05, 4.69) is 0 Å². The largest absolute Gasteiger partial charge is 0.454 e. The molecule has 0 aromatic carbocycles. The third-order valence-corrected chi connectivity index (χ3v) is 1.79. The lowest BCUT2D eigenvalue weighted by Crippen LogP contribution is -2.03. The summed E-state index contributed by atoms with van der Waals surface area (Å²) in [6, 6.07) is 0. The van der Waals surface area contributed by atoms with Gasteiger partial charge in [-0.1, -0.05) is 0 Å². The van der Waals surface area contributed by atoms with Crippen LogP contribution in [0.3, 0.4) is 0 Å². The van der Waals surface area contributed by atoms with E-state index < -0.39 is 0 Å². The van der Waals surface area contributed by atoms with Gasteiger partial charge in [-0.05, 0) is 18.6 Å². The van der Waals surface area contributed by atoms with Crippen LogP contribution in [0.4, 0.5) is 0 Å². The van der Waals surface area contributed by atoms with Crippen molar-refractivity contribution in [1.82, 2.24) is 0 Å². The Morgan fingerprint density at radius 3 is 3.09 bits per heavy atom. The molecule has 0 spiro atoms. The maximum atomic E-state index is 10.4. The van der Waals surface area contributed by atoms with Crippen molar-refractivity contribution in [3.8, 4) is 0 Å². The molecule has 3 nitrogen and oxygen atoms in total. The SMILES string of the molecule is O=CC1C=C2OCOC2=CC1. The topological polar surface area (TPSA) is 35.5 Å². The van der Waals surface area contributed by atoms with Crippen molar-refractivity contribution in [3.63, 3.8) is 0 Å². The quantitative estimate of drug-likeness (QED) is 0.525. The normalized spacial score (nSPS) is 27.5. The van der Waals surface area contributed by atoms with Crippen LogP contribution in [-0.4, -0.2) is 13.1 Å². The van der Waals surface area contributed by atoms with Gasteiger partial charge in [0.05, 0.1) is 0 Å². The molecular formula is C8H8O3. The Hall–Kier alpha value is -1.25. The monoisotopic (exact) mass is 152 g/mol. The first kappa shape index (κ1) is 6.46. The first-order valence-corrected chi connectivity index (χ1v) is 3.53. The van der Waals surface area contributed by atoms with E-state index in [1.807, 2.05) is 6.08 Å². The highest BCUT2D eigenvalue weighted by Crippen LogP contribution is 2.27. The van der Waals surface area contributed by atoms with E-state index in [0.717, 1.165) is 18.5 Å². The lowest BCUT2D eigenvalue weighted by Gasteiger charge is -2.08. The molecule has 0 saturated carbocycles. The number of carbonyl (C=O) groups is 1. The summed E-state index contributed by atoms with van der Waals surface area (Å²) in [6.45, 7) is 0.281. The summed E-state index contributed by atoms with van der Waals surface area (Å²) in [7, 11) is 0. The number of rotatable bonds is 1. The van der Waals surface area contributed by atoms with Crippen molar-refractivity contribution in [2.75, 3.05) is 6.79 Å². The van der Waals surface area contributed by atoms with Gasteiger partial charge in [-0.2, -0.15) is 0 Å². The van der Waals surface area contributed by atoms with Gasteiger partial charge < -0.3 is 14.3 Å². The number of hydrogen-bond donors (Lipinski definition) is 0. The van der Waals surface area contributed by atoms with E-state index in [-0.39, 0.29) is 12.7 Å². The highest BCUT2D eigenvalue weighted by Gasteiger charge is 2.22. The van der Waals surface area contributed by atoms with Crippen molar-refractivity contribution in [2.24, 2.45) is 5.92 Å². The minimum atomic E-state index is -0.0320. The summed E-state index contributed by atoms with van der Waals surface area (Å²) < 4.78 is 10.2. The number of allylic oxidation sites excluding steroid dienone is 2. The molecule has 0 bridgehead atoms. The second-order valence-corrected chi connectivity index (χ2v) is 2.54. The summed E-state index contributed by atoms with van der Waals surface area (Å²) in [6.07, 6.45) is 5.34. The van der Waals surface area contributed by atoms with Gasteiger partial charge in [-0.15, -0.1) is 0 Å². The average Bonchev–Trinajstić information content (AvgIpc) is 2.50. The predicted molar refractivity (Wildman–Crippen MR) is 37.4 cm³/mol. The molecule has 1 aliphatic heterocycles. The number of carbonyl (C=O) groups excluding carboxylic acids is 1. The van der Waals surface area contributed by atoms with Crippen molar-refractivity contribution in [2.45, 2.75) is 6.42 Å². The van der Waals surface area contributed by atoms with Crippen LogP contribution in [-0.2, 0) is 14.3 Å². The van der Waals surface area contributed by atoms with E-state index in [9.17, 15) is 4.79 Å². The summed E-state index contributed by atoms with van der Waals surface area (Å²) in [5.41, 5.74) is 0. The predicted octanol–water partition coefficient (Wildman–Crippen LogP) is 0.977. The van der Waals surface area contributed by atoms with Gasteiger partial charge >= 0.3 is 0 Å². The second-order valence-electron chi connectivity index (χ2n) is 2.54. The van der Waals surface area contributed by atoms with Crippen molar-refractivity contribution in [3.05, 3.63) is 23.7 Å². The van der Waals surface area contributed by atoms with Crippen LogP contribution in [0.1, 0.15) is 6.42 Å². The maximum Gasteiger partial charge on any atom is 0.231 e. The highest BCUT2D eigenvalue weighted by molar-refractivity contribution is 5.58. The molecule has 1 fully saturated rings. The van der Waals surface area contributed by atoms with Crippen LogP contribution in [0.15, 0.2) is 23.7 Å². The zero-order valence-corrected chi connectivity index (χ0v) is 5.95. The fourth-order valence-corrected chi connectivity index (χ4v) is 1.19. The van der Waals surface area contributed by atoms with Gasteiger partial charge in [0, 0.05) is 5.92 Å². The summed E-state index contributed by atoms with van der Waals surface area (Å²) >= 11 is 0. The Kier molecular flexibility index (Phi) is 1.42. The first-order valence-electron chi connectivity index (χ1n) is 3.53. The first-order chi connectivity index (χ1) is 5.40. The summed E-state index contributed by atoms with van der Waals surface area (Å²) in [5.74, 6) is 1.46. The van der Waals surface area contributed by atoms with Crippen molar-refractivity contribution >= 4 is 6.29 Å². The molecule has 0 aromatic heterocycles. The van der Waals surface area contributed by atoms with Crippen LogP contribution in [0.25, 0.3) is 0 Å². The molecule has 0 aromatic rings. The average molecular weight is 152 g/mol. The lowest BCUT2D eigenvalue weighted by atomic mass is 10.0. The second kappa shape index (κ2) is 2.42. The molecule has 1 aliphatic carbocycles. The molecular weight excluding hydrogens is 144 g/mol. The molecule has 0 radical (unpaired) electrons. The molecule has 3 heteroatoms. The van der Waals surface area contributed by atoms with E-state index in [4.69, 9.17) is 9.47 Å². The van der Waals surface area contributed by atoms with Crippen molar-refractivity contribution in [1.29, 1.82) is 0 Å². The van der Waals surface area contributed by atoms with Crippen LogP contribution in [0, 0.1) is 5.92 Å². The minimum absolute atomic E-state index is 0.0320. The number of ether oxygens (including phenoxy) is 2. The zero-order valence-electron chi connectivity index (χ0n) is 5.95. The van der Waals surface area contributed by atoms with E-state index in [1.165, 1.54) is 0 Å². The lowest BCUT2D eigenvalue weighted by molar-refractivity contribution is -0.109. The van der Waals surface area contributed by atoms with Crippen LogP contribution >= 0.6 is 0 Å². The molecule has 2 aliphatic rings. The third kappa shape index (κ3) is 1.02. The minimum Gasteiger partial charge on any atom is -0.454 e. The summed E-state index contributed by atoms with van der Waals surface area (Å²) in [4.78, 5) is 10.4. The Morgan fingerprint density at radius 2 is 2.27 bits per heavy atom. The number of fused-ring (bicyclic) bond motifs is 1. The molecule has 2 rings (SSSR count). The van der Waals surface area contributed by atoms with E-state index in [1.54, 1.807) is 6.08 Å². The standard InChI is InChI=1S/C8H8O3/c9-4-6-1-2-7-8(3-6)11-5-10-7/h2-4,6H,1,5H2. The van der Waals surface area contributed by atoms with Gasteiger partial charge in [0.2, 0.25) is 6.79 Å². The highest BCUT2D eigenvalue weighted by atomic mass is 16.7. The number of hydrogen-bond acceptors (Lipinski definition) is 3. The van der Waals surface area contributed by atoms with Crippen LogP contribution in [0.5, 0.6) is 0 Å². The Balaban J connectivity index is 2.23. The van der Waals surface area contributed by atoms with E-state index >= 15 is 0 Å². The molecule has 1 unspecified atom stereocenters. The molecule has 1 heterocycles. The van der Waals surface area contributed by atoms with Crippen LogP contribution < -0.4 is 0 Å². The molecule has 11 heavy (non-hydrogen) atoms. The number of aldehydes is 1. The maximum absolute atomic E-state index is 10.4. The van der Waals surface area contributed by atoms with E-state index in [0.29, 0.717) is 5.76 Å². The van der Waals surface area contributed by atoms with Gasteiger partial charge in [0.25, 0.3) is 0 Å². The fourth-order valence-electron chi connectivity index (χ4n) is 1.19. The van der Waals surface area contributed by atoms with Gasteiger partial charge in [-0.25, -0.2) is 0 Å². The Bertz CT molecular complexity index is 240. The molecule has 1 atom stereocenters. The summed E-state index contributed by atoms with van der Waals surface area (Å²) in [5, 5.41) is 0. The Morgan fingerprint density at radius 1 is 1.45 bits per heavy atom. The van der Waals surface area contributed by atoms with Crippen LogP contribution in [0.2, 0.25) is 0 Å². The van der Waals surface area contributed by atoms with Gasteiger partial charge in [0.15, 0.2) is 11.5 Å². The molecule has 0 amide bonds. The Labute approximate surface area is 64.3 Å². The zero-order chi connectivity index (χ0) is 7.68. The molecule has 1 saturated heterocycles.